The summed E-state index contributed by atoms with van der Waals surface area (Å²) in [7, 11) is 0. The zero-order valence-corrected chi connectivity index (χ0v) is 17.2. The second-order valence-electron chi connectivity index (χ2n) is 7.44. The van der Waals surface area contributed by atoms with Crippen LogP contribution in [0.1, 0.15) is 42.1 Å². The molecule has 0 bridgehead atoms. The Morgan fingerprint density at radius 3 is 2.69 bits per heavy atom. The number of benzene rings is 1. The van der Waals surface area contributed by atoms with Crippen LogP contribution in [0.5, 0.6) is 0 Å². The molecule has 0 aliphatic carbocycles. The summed E-state index contributed by atoms with van der Waals surface area (Å²) >= 11 is 5.90. The number of hydrogen-bond donors (Lipinski definition) is 1. The number of amides is 2. The van der Waals surface area contributed by atoms with Crippen LogP contribution in [0, 0.1) is 17.7 Å². The molecule has 2 atom stereocenters. The van der Waals surface area contributed by atoms with Gasteiger partial charge in [0.1, 0.15) is 11.0 Å². The summed E-state index contributed by atoms with van der Waals surface area (Å²) in [5, 5.41) is 3.21. The predicted octanol–water partition coefficient (Wildman–Crippen LogP) is 4.07. The van der Waals surface area contributed by atoms with Crippen LogP contribution in [0.25, 0.3) is 0 Å². The number of hydrogen-bond acceptors (Lipinski definition) is 3. The molecule has 7 heteroatoms. The molecule has 2 heterocycles. The fourth-order valence-corrected chi connectivity index (χ4v) is 4.00. The van der Waals surface area contributed by atoms with E-state index in [0.29, 0.717) is 36.8 Å². The minimum absolute atomic E-state index is 0.0153. The average Bonchev–Trinajstić information content (AvgIpc) is 2.73. The van der Waals surface area contributed by atoms with Crippen molar-refractivity contribution in [1.82, 2.24) is 15.2 Å². The smallest absolute Gasteiger partial charge is 0.254 e. The van der Waals surface area contributed by atoms with Crippen LogP contribution in [0.2, 0.25) is 5.15 Å². The molecule has 0 saturated carbocycles. The summed E-state index contributed by atoms with van der Waals surface area (Å²) in [5.41, 5.74) is 1.40. The van der Waals surface area contributed by atoms with Gasteiger partial charge in [0, 0.05) is 37.8 Å². The van der Waals surface area contributed by atoms with Crippen molar-refractivity contribution in [2.75, 3.05) is 13.1 Å². The molecule has 0 spiro atoms. The number of likely N-dealkylation sites (tertiary alicyclic amines) is 1. The van der Waals surface area contributed by atoms with Crippen LogP contribution in [-0.4, -0.2) is 34.8 Å². The molecule has 1 aromatic carbocycles. The number of halogens is 2. The lowest BCUT2D eigenvalue weighted by molar-refractivity contribution is -0.123. The number of rotatable bonds is 6. The Morgan fingerprint density at radius 2 is 2.00 bits per heavy atom. The molecule has 1 N–H and O–H groups in total. The van der Waals surface area contributed by atoms with E-state index in [2.05, 4.69) is 17.2 Å². The maximum Gasteiger partial charge on any atom is 0.254 e. The fourth-order valence-electron chi connectivity index (χ4n) is 3.83. The standard InChI is InChI=1S/C22H25ClFN3O2/c1-2-16-14-27(22(29)18-7-9-25-20(23)11-18)10-8-17(16)12-21(28)26-13-15-3-5-19(24)6-4-15/h3-7,9,11,16-17H,2,8,10,12-14H2,1H3,(H,26,28). The van der Waals surface area contributed by atoms with Crippen molar-refractivity contribution < 1.29 is 14.0 Å². The topological polar surface area (TPSA) is 62.3 Å². The van der Waals surface area contributed by atoms with Crippen molar-refractivity contribution in [3.63, 3.8) is 0 Å². The fraction of sp³-hybridized carbons (Fsp3) is 0.409. The third kappa shape index (κ3) is 5.76. The summed E-state index contributed by atoms with van der Waals surface area (Å²) in [5.74, 6) is 0.145. The van der Waals surface area contributed by atoms with Gasteiger partial charge in [-0.3, -0.25) is 9.59 Å². The Hall–Kier alpha value is -2.47. The van der Waals surface area contributed by atoms with Crippen LogP contribution < -0.4 is 5.32 Å². The van der Waals surface area contributed by atoms with Crippen molar-refractivity contribution in [3.05, 3.63) is 64.7 Å². The third-order valence-corrected chi connectivity index (χ3v) is 5.73. The summed E-state index contributed by atoms with van der Waals surface area (Å²) in [6.07, 6.45) is 3.65. The van der Waals surface area contributed by atoms with Crippen molar-refractivity contribution in [2.45, 2.75) is 32.7 Å². The molecule has 2 amide bonds. The van der Waals surface area contributed by atoms with Crippen LogP contribution in [-0.2, 0) is 11.3 Å². The van der Waals surface area contributed by atoms with Gasteiger partial charge in [0.2, 0.25) is 5.91 Å². The Kier molecular flexibility index (Phi) is 7.20. The zero-order chi connectivity index (χ0) is 20.8. The molecular formula is C22H25ClFN3O2. The highest BCUT2D eigenvalue weighted by Gasteiger charge is 2.32. The van der Waals surface area contributed by atoms with Gasteiger partial charge in [-0.05, 0) is 48.1 Å². The maximum atomic E-state index is 13.0. The molecule has 5 nitrogen and oxygen atoms in total. The minimum Gasteiger partial charge on any atom is -0.352 e. The van der Waals surface area contributed by atoms with Crippen LogP contribution >= 0.6 is 11.6 Å². The third-order valence-electron chi connectivity index (χ3n) is 5.53. The van der Waals surface area contributed by atoms with Crippen LogP contribution in [0.4, 0.5) is 4.39 Å². The number of carbonyl (C=O) groups is 2. The van der Waals surface area contributed by atoms with E-state index in [4.69, 9.17) is 11.6 Å². The SMILES string of the molecule is CCC1CN(C(=O)c2ccnc(Cl)c2)CCC1CC(=O)NCc1ccc(F)cc1. The van der Waals surface area contributed by atoms with E-state index in [0.717, 1.165) is 18.4 Å². The van der Waals surface area contributed by atoms with Crippen molar-refractivity contribution in [2.24, 2.45) is 11.8 Å². The molecule has 1 aliphatic rings. The van der Waals surface area contributed by atoms with Gasteiger partial charge < -0.3 is 10.2 Å². The van der Waals surface area contributed by atoms with E-state index in [9.17, 15) is 14.0 Å². The zero-order valence-electron chi connectivity index (χ0n) is 16.4. The largest absolute Gasteiger partial charge is 0.352 e. The lowest BCUT2D eigenvalue weighted by atomic mass is 9.81. The number of pyridine rings is 1. The minimum atomic E-state index is -0.291. The molecule has 0 radical (unpaired) electrons. The average molecular weight is 418 g/mol. The van der Waals surface area contributed by atoms with E-state index in [1.807, 2.05) is 4.90 Å². The summed E-state index contributed by atoms with van der Waals surface area (Å²) in [6, 6.07) is 9.36. The molecule has 2 aromatic rings. The van der Waals surface area contributed by atoms with E-state index < -0.39 is 0 Å². The normalized spacial score (nSPS) is 19.1. The molecule has 1 aliphatic heterocycles. The van der Waals surface area contributed by atoms with Crippen molar-refractivity contribution in [1.29, 1.82) is 0 Å². The second-order valence-corrected chi connectivity index (χ2v) is 7.83. The number of piperidine rings is 1. The molecule has 1 saturated heterocycles. The van der Waals surface area contributed by atoms with Gasteiger partial charge in [0.15, 0.2) is 0 Å². The van der Waals surface area contributed by atoms with Crippen LogP contribution in [0.15, 0.2) is 42.6 Å². The summed E-state index contributed by atoms with van der Waals surface area (Å²) < 4.78 is 13.0. The Morgan fingerprint density at radius 1 is 1.24 bits per heavy atom. The first-order valence-electron chi connectivity index (χ1n) is 9.88. The predicted molar refractivity (Wildman–Crippen MR) is 110 cm³/mol. The molecule has 3 rings (SSSR count). The highest BCUT2D eigenvalue weighted by molar-refractivity contribution is 6.29. The highest BCUT2D eigenvalue weighted by atomic mass is 35.5. The van der Waals surface area contributed by atoms with Gasteiger partial charge in [-0.2, -0.15) is 0 Å². The molecule has 1 aromatic heterocycles. The number of nitrogens with zero attached hydrogens (tertiary/aromatic N) is 2. The summed E-state index contributed by atoms with van der Waals surface area (Å²) in [4.78, 5) is 30.9. The monoisotopic (exact) mass is 417 g/mol. The van der Waals surface area contributed by atoms with E-state index >= 15 is 0 Å². The van der Waals surface area contributed by atoms with E-state index in [1.165, 1.54) is 18.3 Å². The number of nitrogens with one attached hydrogen (secondary N) is 1. The van der Waals surface area contributed by atoms with Gasteiger partial charge in [0.25, 0.3) is 5.91 Å². The Bertz CT molecular complexity index is 859. The lowest BCUT2D eigenvalue weighted by Gasteiger charge is -2.38. The molecule has 154 valence electrons. The van der Waals surface area contributed by atoms with Crippen molar-refractivity contribution in [3.8, 4) is 0 Å². The first kappa shape index (κ1) is 21.2. The van der Waals surface area contributed by atoms with Gasteiger partial charge in [-0.25, -0.2) is 9.37 Å². The van der Waals surface area contributed by atoms with Crippen molar-refractivity contribution >= 4 is 23.4 Å². The first-order chi connectivity index (χ1) is 14.0. The molecular weight excluding hydrogens is 393 g/mol. The van der Waals surface area contributed by atoms with E-state index in [-0.39, 0.29) is 29.5 Å². The number of carbonyl (C=O) groups excluding carboxylic acids is 2. The first-order valence-corrected chi connectivity index (χ1v) is 10.3. The molecule has 1 fully saturated rings. The number of aromatic nitrogens is 1. The van der Waals surface area contributed by atoms with Gasteiger partial charge in [0.05, 0.1) is 0 Å². The van der Waals surface area contributed by atoms with Gasteiger partial charge in [-0.15, -0.1) is 0 Å². The Labute approximate surface area is 175 Å². The second kappa shape index (κ2) is 9.83. The summed E-state index contributed by atoms with van der Waals surface area (Å²) in [6.45, 7) is 3.72. The molecule has 29 heavy (non-hydrogen) atoms. The van der Waals surface area contributed by atoms with Gasteiger partial charge >= 0.3 is 0 Å². The quantitative estimate of drug-likeness (QED) is 0.720. The lowest BCUT2D eigenvalue weighted by Crippen LogP contribution is -2.44. The van der Waals surface area contributed by atoms with Gasteiger partial charge in [-0.1, -0.05) is 37.1 Å². The van der Waals surface area contributed by atoms with E-state index in [1.54, 1.807) is 24.3 Å². The maximum absolute atomic E-state index is 13.0. The highest BCUT2D eigenvalue weighted by Crippen LogP contribution is 2.30. The van der Waals surface area contributed by atoms with Crippen LogP contribution in [0.3, 0.4) is 0 Å². The molecule has 2 unspecified atom stereocenters. The Balaban J connectivity index is 1.53.